The normalized spacial score (nSPS) is 27.9. The number of Topliss-reactive ketones (excluding diaryl/α,β-unsaturated/α-hetero) is 1. The van der Waals surface area contributed by atoms with Crippen LogP contribution in [0.15, 0.2) is 0 Å². The first-order valence-corrected chi connectivity index (χ1v) is 4.75. The largest absolute Gasteiger partial charge is 0.481 e. The summed E-state index contributed by atoms with van der Waals surface area (Å²) in [5, 5.41) is 17.2. The molecule has 1 aliphatic carbocycles. The molecule has 2 unspecified atom stereocenters. The van der Waals surface area contributed by atoms with Gasteiger partial charge in [0.25, 0.3) is 0 Å². The van der Waals surface area contributed by atoms with Gasteiger partial charge in [0.05, 0.1) is 0 Å². The van der Waals surface area contributed by atoms with Crippen molar-refractivity contribution in [2.24, 2.45) is 17.3 Å². The second-order valence-electron chi connectivity index (χ2n) is 4.57. The zero-order chi connectivity index (χ0) is 11.8. The zero-order valence-electron chi connectivity index (χ0n) is 8.69. The molecule has 2 atom stereocenters. The minimum atomic E-state index is -1.43. The monoisotopic (exact) mass is 214 g/mol. The Morgan fingerprint density at radius 2 is 1.80 bits per heavy atom. The molecular weight excluding hydrogens is 200 g/mol. The Labute approximate surface area is 87.1 Å². The van der Waals surface area contributed by atoms with Gasteiger partial charge >= 0.3 is 11.9 Å². The number of carboxylic acid groups (broad SMARTS) is 2. The average Bonchev–Trinajstić information content (AvgIpc) is 2.10. The van der Waals surface area contributed by atoms with Crippen molar-refractivity contribution in [1.29, 1.82) is 0 Å². The second kappa shape index (κ2) is 3.64. The summed E-state index contributed by atoms with van der Waals surface area (Å²) < 4.78 is 0. The van der Waals surface area contributed by atoms with Crippen LogP contribution in [0.2, 0.25) is 0 Å². The van der Waals surface area contributed by atoms with Gasteiger partial charge in [-0.3, -0.25) is 9.59 Å². The van der Waals surface area contributed by atoms with E-state index in [0.717, 1.165) is 0 Å². The molecule has 1 fully saturated rings. The van der Waals surface area contributed by atoms with Crippen LogP contribution < -0.4 is 0 Å². The molecule has 0 heterocycles. The van der Waals surface area contributed by atoms with Gasteiger partial charge in [-0.25, -0.2) is 4.79 Å². The van der Waals surface area contributed by atoms with Crippen molar-refractivity contribution >= 4 is 17.7 Å². The highest BCUT2D eigenvalue weighted by Crippen LogP contribution is 2.53. The molecule has 0 aliphatic heterocycles. The molecule has 1 aliphatic rings. The van der Waals surface area contributed by atoms with E-state index in [1.165, 1.54) is 0 Å². The Balaban J connectivity index is 2.67. The van der Waals surface area contributed by atoms with Gasteiger partial charge in [0.2, 0.25) is 5.78 Å². The quantitative estimate of drug-likeness (QED) is 0.674. The highest BCUT2D eigenvalue weighted by molar-refractivity contribution is 6.33. The van der Waals surface area contributed by atoms with Crippen LogP contribution in [0.25, 0.3) is 0 Å². The highest BCUT2D eigenvalue weighted by Gasteiger charge is 2.53. The van der Waals surface area contributed by atoms with Gasteiger partial charge in [-0.1, -0.05) is 13.8 Å². The van der Waals surface area contributed by atoms with Crippen molar-refractivity contribution in [3.05, 3.63) is 0 Å². The Morgan fingerprint density at radius 3 is 2.13 bits per heavy atom. The fraction of sp³-hybridized carbons (Fsp3) is 0.700. The number of aliphatic carboxylic acids is 2. The van der Waals surface area contributed by atoms with E-state index < -0.39 is 29.1 Å². The van der Waals surface area contributed by atoms with E-state index in [-0.39, 0.29) is 12.3 Å². The minimum absolute atomic E-state index is 0.00357. The van der Waals surface area contributed by atoms with Crippen molar-refractivity contribution in [1.82, 2.24) is 0 Å². The van der Waals surface area contributed by atoms with Crippen LogP contribution in [0, 0.1) is 17.3 Å². The van der Waals surface area contributed by atoms with Gasteiger partial charge in [0, 0.05) is 12.3 Å². The smallest absolute Gasteiger partial charge is 0.372 e. The minimum Gasteiger partial charge on any atom is -0.481 e. The number of carboxylic acids is 2. The summed E-state index contributed by atoms with van der Waals surface area (Å²) >= 11 is 0. The van der Waals surface area contributed by atoms with Gasteiger partial charge in [-0.15, -0.1) is 0 Å². The molecule has 5 nitrogen and oxygen atoms in total. The number of carbonyl (C=O) groups excluding carboxylic acids is 1. The number of rotatable bonds is 4. The third kappa shape index (κ3) is 2.00. The lowest BCUT2D eigenvalue weighted by atomic mass is 9.52. The predicted molar refractivity (Wildman–Crippen MR) is 50.3 cm³/mol. The SMILES string of the molecule is CC1(C)C(CC(=O)O)CC1C(=O)C(=O)O. The molecule has 0 aromatic heterocycles. The highest BCUT2D eigenvalue weighted by atomic mass is 16.4. The van der Waals surface area contributed by atoms with Crippen LogP contribution in [0.5, 0.6) is 0 Å². The van der Waals surface area contributed by atoms with E-state index >= 15 is 0 Å². The van der Waals surface area contributed by atoms with Gasteiger partial charge in [0.1, 0.15) is 0 Å². The lowest BCUT2D eigenvalue weighted by molar-refractivity contribution is -0.161. The molecule has 5 heteroatoms. The summed E-state index contributed by atoms with van der Waals surface area (Å²) in [4.78, 5) is 32.2. The van der Waals surface area contributed by atoms with Gasteiger partial charge < -0.3 is 10.2 Å². The zero-order valence-corrected chi connectivity index (χ0v) is 8.69. The number of carbonyl (C=O) groups is 3. The molecule has 0 amide bonds. The Morgan fingerprint density at radius 1 is 1.27 bits per heavy atom. The molecular formula is C10H14O5. The maximum atomic E-state index is 11.2. The molecule has 15 heavy (non-hydrogen) atoms. The molecule has 0 aromatic carbocycles. The van der Waals surface area contributed by atoms with E-state index in [9.17, 15) is 14.4 Å². The Hall–Kier alpha value is -1.39. The van der Waals surface area contributed by atoms with Crippen molar-refractivity contribution in [3.8, 4) is 0 Å². The van der Waals surface area contributed by atoms with Crippen LogP contribution in [0.4, 0.5) is 0 Å². The van der Waals surface area contributed by atoms with Crippen LogP contribution in [0.3, 0.4) is 0 Å². The van der Waals surface area contributed by atoms with E-state index in [4.69, 9.17) is 10.2 Å². The molecule has 0 bridgehead atoms. The summed E-state index contributed by atoms with van der Waals surface area (Å²) in [6.07, 6.45) is 0.362. The van der Waals surface area contributed by atoms with Crippen molar-refractivity contribution in [2.75, 3.05) is 0 Å². The summed E-state index contributed by atoms with van der Waals surface area (Å²) in [7, 11) is 0. The summed E-state index contributed by atoms with van der Waals surface area (Å²) in [5.41, 5.74) is -0.520. The summed E-state index contributed by atoms with van der Waals surface area (Å²) in [6, 6.07) is 0. The maximum Gasteiger partial charge on any atom is 0.372 e. The fourth-order valence-corrected chi connectivity index (χ4v) is 2.17. The average molecular weight is 214 g/mol. The Bertz CT molecular complexity index is 318. The van der Waals surface area contributed by atoms with Crippen molar-refractivity contribution in [2.45, 2.75) is 26.7 Å². The van der Waals surface area contributed by atoms with Gasteiger partial charge in [-0.05, 0) is 17.8 Å². The van der Waals surface area contributed by atoms with Gasteiger partial charge in [0.15, 0.2) is 0 Å². The summed E-state index contributed by atoms with van der Waals surface area (Å²) in [5.74, 6) is -3.79. The van der Waals surface area contributed by atoms with E-state index in [1.54, 1.807) is 13.8 Å². The molecule has 0 aromatic rings. The molecule has 2 N–H and O–H groups in total. The van der Waals surface area contributed by atoms with Crippen molar-refractivity contribution < 1.29 is 24.6 Å². The molecule has 1 saturated carbocycles. The van der Waals surface area contributed by atoms with E-state index in [2.05, 4.69) is 0 Å². The first-order chi connectivity index (χ1) is 6.76. The third-order valence-electron chi connectivity index (χ3n) is 3.42. The van der Waals surface area contributed by atoms with Crippen LogP contribution in [0.1, 0.15) is 26.7 Å². The molecule has 0 radical (unpaired) electrons. The lowest BCUT2D eigenvalue weighted by Gasteiger charge is -2.50. The first kappa shape index (κ1) is 11.7. The topological polar surface area (TPSA) is 91.7 Å². The fourth-order valence-electron chi connectivity index (χ4n) is 2.17. The van der Waals surface area contributed by atoms with Crippen LogP contribution >= 0.6 is 0 Å². The lowest BCUT2D eigenvalue weighted by Crippen LogP contribution is -2.51. The summed E-state index contributed by atoms with van der Waals surface area (Å²) in [6.45, 7) is 3.49. The van der Waals surface area contributed by atoms with E-state index in [0.29, 0.717) is 6.42 Å². The predicted octanol–water partition coefficient (Wildman–Crippen LogP) is 0.777. The molecule has 1 rings (SSSR count). The molecule has 84 valence electrons. The van der Waals surface area contributed by atoms with Gasteiger partial charge in [-0.2, -0.15) is 0 Å². The van der Waals surface area contributed by atoms with E-state index in [1.807, 2.05) is 0 Å². The number of hydrogen-bond acceptors (Lipinski definition) is 3. The standard InChI is InChI=1S/C10H14O5/c1-10(2)5(4-7(11)12)3-6(10)8(13)9(14)15/h5-6H,3-4H2,1-2H3,(H,11,12)(H,14,15). The van der Waals surface area contributed by atoms with Crippen molar-refractivity contribution in [3.63, 3.8) is 0 Å². The first-order valence-electron chi connectivity index (χ1n) is 4.75. The number of hydrogen-bond donors (Lipinski definition) is 2. The third-order valence-corrected chi connectivity index (χ3v) is 3.42. The number of ketones is 1. The Kier molecular flexibility index (Phi) is 2.83. The van der Waals surface area contributed by atoms with Crippen LogP contribution in [-0.2, 0) is 14.4 Å². The maximum absolute atomic E-state index is 11.2. The van der Waals surface area contributed by atoms with Crippen LogP contribution in [-0.4, -0.2) is 27.9 Å². The molecule has 0 spiro atoms. The molecule has 0 saturated heterocycles. The second-order valence-corrected chi connectivity index (χ2v) is 4.57.